The predicted molar refractivity (Wildman–Crippen MR) is 91.9 cm³/mol. The van der Waals surface area contributed by atoms with Crippen LogP contribution in [-0.4, -0.2) is 16.5 Å². The second-order valence-corrected chi connectivity index (χ2v) is 9.77. The topological polar surface area (TPSA) is 37.3 Å². The van der Waals surface area contributed by atoms with Crippen molar-refractivity contribution in [3.8, 4) is 0 Å². The summed E-state index contributed by atoms with van der Waals surface area (Å²) in [6.45, 7) is 9.20. The molecule has 3 fully saturated rings. The highest BCUT2D eigenvalue weighted by molar-refractivity contribution is 5.91. The van der Waals surface area contributed by atoms with Gasteiger partial charge in [0.2, 0.25) is 0 Å². The zero-order valence-electron chi connectivity index (χ0n) is 15.2. The molecule has 0 amide bonds. The van der Waals surface area contributed by atoms with Gasteiger partial charge in [0.25, 0.3) is 0 Å². The minimum absolute atomic E-state index is 0.0932. The van der Waals surface area contributed by atoms with Crippen molar-refractivity contribution in [1.29, 1.82) is 0 Å². The molecule has 2 heteroatoms. The van der Waals surface area contributed by atoms with Crippen molar-refractivity contribution < 1.29 is 9.90 Å². The molecule has 0 aromatic carbocycles. The van der Waals surface area contributed by atoms with E-state index < -0.39 is 5.60 Å². The van der Waals surface area contributed by atoms with E-state index in [1.165, 1.54) is 24.8 Å². The molecule has 4 aliphatic rings. The Morgan fingerprint density at radius 2 is 1.78 bits per heavy atom. The Balaban J connectivity index is 1.74. The van der Waals surface area contributed by atoms with Crippen LogP contribution in [0.1, 0.15) is 72.6 Å². The van der Waals surface area contributed by atoms with Crippen LogP contribution >= 0.6 is 0 Å². The average Bonchev–Trinajstić information content (AvgIpc) is 2.72. The highest BCUT2D eigenvalue weighted by Gasteiger charge is 2.63. The van der Waals surface area contributed by atoms with E-state index in [-0.39, 0.29) is 10.8 Å². The van der Waals surface area contributed by atoms with Gasteiger partial charge in [-0.25, -0.2) is 0 Å². The molecule has 0 spiro atoms. The first-order chi connectivity index (χ1) is 10.7. The summed E-state index contributed by atoms with van der Waals surface area (Å²) in [4.78, 5) is 12.0. The third kappa shape index (κ3) is 1.94. The van der Waals surface area contributed by atoms with Gasteiger partial charge in [-0.2, -0.15) is 0 Å². The van der Waals surface area contributed by atoms with E-state index >= 15 is 0 Å². The maximum atomic E-state index is 12.0. The molecule has 0 aromatic heterocycles. The largest absolute Gasteiger partial charge is 0.390 e. The molecule has 7 atom stereocenters. The van der Waals surface area contributed by atoms with Gasteiger partial charge in [-0.1, -0.05) is 26.3 Å². The van der Waals surface area contributed by atoms with Gasteiger partial charge in [0.1, 0.15) is 0 Å². The zero-order chi connectivity index (χ0) is 16.6. The summed E-state index contributed by atoms with van der Waals surface area (Å²) in [5.74, 6) is 2.97. The number of aliphatic hydroxyl groups is 1. The number of fused-ring (bicyclic) bond motifs is 5. The number of carbonyl (C=O) groups excluding carboxylic acids is 1. The molecule has 0 bridgehead atoms. The van der Waals surface area contributed by atoms with Crippen molar-refractivity contribution in [2.24, 2.45) is 34.5 Å². The molecule has 0 unspecified atom stereocenters. The summed E-state index contributed by atoms with van der Waals surface area (Å²) in [6.07, 6.45) is 9.52. The van der Waals surface area contributed by atoms with E-state index in [0.29, 0.717) is 23.5 Å². The van der Waals surface area contributed by atoms with E-state index in [2.05, 4.69) is 27.7 Å². The Morgan fingerprint density at radius 3 is 2.52 bits per heavy atom. The molecule has 1 N–H and O–H groups in total. The van der Waals surface area contributed by atoms with Crippen molar-refractivity contribution in [3.05, 3.63) is 11.6 Å². The Morgan fingerprint density at radius 1 is 1.09 bits per heavy atom. The summed E-state index contributed by atoms with van der Waals surface area (Å²) in [7, 11) is 0. The van der Waals surface area contributed by atoms with E-state index in [9.17, 15) is 9.90 Å². The van der Waals surface area contributed by atoms with Crippen LogP contribution < -0.4 is 0 Å². The molecular weight excluding hydrogens is 284 g/mol. The fourth-order valence-electron chi connectivity index (χ4n) is 7.23. The average molecular weight is 316 g/mol. The SMILES string of the molecule is C[C@H]1C[C@@H]2[C@H](CC[C@@]3(C)[C@H]2CC[C@@]3(C)O)[C@@]2(C)CCC(=O)C=C12. The van der Waals surface area contributed by atoms with Crippen LogP contribution in [0.15, 0.2) is 11.6 Å². The third-order valence-electron chi connectivity index (χ3n) is 8.84. The quantitative estimate of drug-likeness (QED) is 0.713. The molecule has 0 radical (unpaired) electrons. The van der Waals surface area contributed by atoms with Crippen molar-refractivity contribution in [2.45, 2.75) is 78.2 Å². The summed E-state index contributed by atoms with van der Waals surface area (Å²) in [5, 5.41) is 11.0. The molecule has 0 saturated heterocycles. The Kier molecular flexibility index (Phi) is 3.25. The van der Waals surface area contributed by atoms with Crippen molar-refractivity contribution in [2.75, 3.05) is 0 Å². The van der Waals surface area contributed by atoms with Gasteiger partial charge in [-0.05, 0) is 86.0 Å². The van der Waals surface area contributed by atoms with Crippen LogP contribution in [0.3, 0.4) is 0 Å². The van der Waals surface area contributed by atoms with Crippen molar-refractivity contribution in [1.82, 2.24) is 0 Å². The fourth-order valence-corrected chi connectivity index (χ4v) is 7.23. The maximum absolute atomic E-state index is 12.0. The van der Waals surface area contributed by atoms with Gasteiger partial charge < -0.3 is 5.11 Å². The van der Waals surface area contributed by atoms with Crippen molar-refractivity contribution in [3.63, 3.8) is 0 Å². The van der Waals surface area contributed by atoms with E-state index in [1.807, 2.05) is 6.08 Å². The number of allylic oxidation sites excluding steroid dienone is 1. The fraction of sp³-hybridized carbons (Fsp3) is 0.857. The Labute approximate surface area is 140 Å². The van der Waals surface area contributed by atoms with Gasteiger partial charge >= 0.3 is 0 Å². The first-order valence-electron chi connectivity index (χ1n) is 9.66. The molecule has 0 aliphatic heterocycles. The van der Waals surface area contributed by atoms with Gasteiger partial charge in [0.15, 0.2) is 5.78 Å². The highest BCUT2D eigenvalue weighted by Crippen LogP contribution is 2.68. The standard InChI is InChI=1S/C21H32O2/c1-13-11-15-16(19(2)8-5-14(22)12-18(13)19)6-9-20(3)17(15)7-10-21(20,4)23/h12-13,15-17,23H,5-11H2,1-4H3/t13-,15+,16-,17-,19+,20-,21+/m0/s1. The van der Waals surface area contributed by atoms with Crippen LogP contribution in [0.5, 0.6) is 0 Å². The van der Waals surface area contributed by atoms with Crippen LogP contribution in [0.25, 0.3) is 0 Å². The van der Waals surface area contributed by atoms with Crippen LogP contribution in [0.2, 0.25) is 0 Å². The molecule has 3 saturated carbocycles. The third-order valence-corrected chi connectivity index (χ3v) is 8.84. The zero-order valence-corrected chi connectivity index (χ0v) is 15.2. The smallest absolute Gasteiger partial charge is 0.155 e. The minimum atomic E-state index is -0.495. The first kappa shape index (κ1) is 15.9. The summed E-state index contributed by atoms with van der Waals surface area (Å²) in [6, 6.07) is 0. The molecule has 0 heterocycles. The highest BCUT2D eigenvalue weighted by atomic mass is 16.3. The number of hydrogen-bond acceptors (Lipinski definition) is 2. The maximum Gasteiger partial charge on any atom is 0.155 e. The van der Waals surface area contributed by atoms with Crippen molar-refractivity contribution >= 4 is 5.78 Å². The van der Waals surface area contributed by atoms with Crippen LogP contribution in [-0.2, 0) is 4.79 Å². The summed E-state index contributed by atoms with van der Waals surface area (Å²) in [5.41, 5.74) is 1.27. The second kappa shape index (κ2) is 4.71. The normalized spacial score (nSPS) is 55.7. The summed E-state index contributed by atoms with van der Waals surface area (Å²) < 4.78 is 0. The second-order valence-electron chi connectivity index (χ2n) is 9.77. The van der Waals surface area contributed by atoms with Gasteiger partial charge in [-0.15, -0.1) is 0 Å². The van der Waals surface area contributed by atoms with Crippen LogP contribution in [0.4, 0.5) is 0 Å². The Bertz CT molecular complexity index is 574. The lowest BCUT2D eigenvalue weighted by atomic mass is 9.45. The number of hydrogen-bond donors (Lipinski definition) is 1. The molecule has 128 valence electrons. The summed E-state index contributed by atoms with van der Waals surface area (Å²) >= 11 is 0. The monoisotopic (exact) mass is 316 g/mol. The lowest BCUT2D eigenvalue weighted by Gasteiger charge is -2.60. The van der Waals surface area contributed by atoms with Gasteiger partial charge in [0.05, 0.1) is 5.60 Å². The number of ketones is 1. The van der Waals surface area contributed by atoms with E-state index in [1.54, 1.807) is 0 Å². The van der Waals surface area contributed by atoms with Gasteiger partial charge in [-0.3, -0.25) is 4.79 Å². The molecule has 2 nitrogen and oxygen atoms in total. The van der Waals surface area contributed by atoms with E-state index in [0.717, 1.165) is 31.6 Å². The minimum Gasteiger partial charge on any atom is -0.390 e. The molecule has 4 rings (SSSR count). The lowest BCUT2D eigenvalue weighted by molar-refractivity contribution is -0.127. The lowest BCUT2D eigenvalue weighted by Crippen LogP contribution is -2.55. The number of carbonyl (C=O) groups is 1. The molecule has 23 heavy (non-hydrogen) atoms. The number of rotatable bonds is 0. The van der Waals surface area contributed by atoms with Crippen LogP contribution in [0, 0.1) is 34.5 Å². The first-order valence-corrected chi connectivity index (χ1v) is 9.66. The van der Waals surface area contributed by atoms with E-state index in [4.69, 9.17) is 0 Å². The predicted octanol–water partition coefficient (Wildman–Crippen LogP) is 4.52. The molecular formula is C21H32O2. The Hall–Kier alpha value is -0.630. The molecule has 4 aliphatic carbocycles. The van der Waals surface area contributed by atoms with Gasteiger partial charge in [0, 0.05) is 6.42 Å². The molecule has 0 aromatic rings.